The number of hydrogen-bond acceptors (Lipinski definition) is 1. The topological polar surface area (TPSA) is 8.81 Å². The van der Waals surface area contributed by atoms with E-state index in [1.807, 2.05) is 18.8 Å². The average molecular weight is 244 g/mol. The third-order valence-electron chi connectivity index (χ3n) is 1.27. The minimum atomic E-state index is -6.00. The van der Waals surface area contributed by atoms with Crippen LogP contribution in [0.25, 0.3) is 0 Å². The van der Waals surface area contributed by atoms with Crippen molar-refractivity contribution in [2.24, 2.45) is 7.05 Å². The quantitative estimate of drug-likeness (QED) is 0.450. The molecule has 1 rings (SSSR count). The number of hydrogen-bond donors (Lipinski definition) is 0. The summed E-state index contributed by atoms with van der Waals surface area (Å²) in [6.07, 6.45) is 6.22. The zero-order chi connectivity index (χ0) is 11.9. The highest BCUT2D eigenvalue weighted by molar-refractivity contribution is 7.98. The van der Waals surface area contributed by atoms with Gasteiger partial charge in [-0.1, -0.05) is 6.92 Å². The molecule has 0 aliphatic heterocycles. The van der Waals surface area contributed by atoms with Crippen molar-refractivity contribution in [3.8, 4) is 0 Å². The number of halogens is 4. The second-order valence-corrected chi connectivity index (χ2v) is 3.95. The molecule has 8 heteroatoms. The zero-order valence-corrected chi connectivity index (χ0v) is 9.35. The van der Waals surface area contributed by atoms with E-state index in [0.717, 1.165) is 5.88 Å². The Morgan fingerprint density at radius 1 is 1.33 bits per heavy atom. The van der Waals surface area contributed by atoms with Crippen molar-refractivity contribution in [2.45, 2.75) is 12.8 Å². The van der Waals surface area contributed by atoms with E-state index >= 15 is 0 Å². The van der Waals surface area contributed by atoms with E-state index in [9.17, 15) is 17.3 Å². The van der Waals surface area contributed by atoms with Gasteiger partial charge in [-0.2, -0.15) is 0 Å². The number of thioether (sulfide) groups is 1. The van der Waals surface area contributed by atoms with Gasteiger partial charge in [-0.15, -0.1) is 11.8 Å². The summed E-state index contributed by atoms with van der Waals surface area (Å²) in [4.78, 5) is 0. The van der Waals surface area contributed by atoms with Crippen molar-refractivity contribution in [1.29, 1.82) is 0 Å². The van der Waals surface area contributed by atoms with E-state index in [4.69, 9.17) is 0 Å². The Labute approximate surface area is 90.4 Å². The number of imidazole rings is 1. The standard InChI is InChI=1S/C7H13N2S.BF4/c1-3-10-7-9-5-4-8(2)6-9;2-1(3,4)5/h4-6H,3,7H2,1-2H3;/q+1;-1. The molecule has 1 aromatic heterocycles. The monoisotopic (exact) mass is 244 g/mol. The summed E-state index contributed by atoms with van der Waals surface area (Å²) in [5.41, 5.74) is 0. The Bertz CT molecular complexity index is 270. The highest BCUT2D eigenvalue weighted by atomic mass is 32.2. The molecule has 0 bridgehead atoms. The fourth-order valence-corrected chi connectivity index (χ4v) is 1.32. The molecule has 0 fully saturated rings. The SMILES string of the molecule is CCSCn1cc[n+](C)c1.F[B-](F)(F)F. The predicted molar refractivity (Wildman–Crippen MR) is 53.9 cm³/mol. The lowest BCUT2D eigenvalue weighted by Gasteiger charge is -1.94. The molecule has 0 atom stereocenters. The van der Waals surface area contributed by atoms with Crippen molar-refractivity contribution in [1.82, 2.24) is 4.57 Å². The molecular weight excluding hydrogens is 231 g/mol. The van der Waals surface area contributed by atoms with Gasteiger partial charge in [0.15, 0.2) is 0 Å². The van der Waals surface area contributed by atoms with E-state index in [-0.39, 0.29) is 0 Å². The van der Waals surface area contributed by atoms with E-state index in [0.29, 0.717) is 0 Å². The summed E-state index contributed by atoms with van der Waals surface area (Å²) in [6.45, 7) is 2.17. The maximum absolute atomic E-state index is 9.75. The predicted octanol–water partition coefficient (Wildman–Crippen LogP) is 2.32. The van der Waals surface area contributed by atoms with Gasteiger partial charge in [-0.3, -0.25) is 0 Å². The van der Waals surface area contributed by atoms with Gasteiger partial charge in [0.25, 0.3) is 0 Å². The minimum absolute atomic E-state index is 1.07. The van der Waals surface area contributed by atoms with Crippen LogP contribution in [0, 0.1) is 0 Å². The van der Waals surface area contributed by atoms with Gasteiger partial charge in [0.1, 0.15) is 18.3 Å². The molecule has 0 saturated carbocycles. The lowest BCUT2D eigenvalue weighted by molar-refractivity contribution is -0.670. The van der Waals surface area contributed by atoms with Gasteiger partial charge in [0.05, 0.1) is 7.05 Å². The van der Waals surface area contributed by atoms with Crippen LogP contribution in [-0.4, -0.2) is 17.6 Å². The molecule has 0 unspecified atom stereocenters. The smallest absolute Gasteiger partial charge is 0.418 e. The third-order valence-corrected chi connectivity index (χ3v) is 2.16. The molecule has 0 aliphatic rings. The molecule has 15 heavy (non-hydrogen) atoms. The fraction of sp³-hybridized carbons (Fsp3) is 0.571. The molecule has 0 saturated heterocycles. The highest BCUT2D eigenvalue weighted by Crippen LogP contribution is 2.06. The van der Waals surface area contributed by atoms with Gasteiger partial charge in [-0.05, 0) is 5.75 Å². The Morgan fingerprint density at radius 3 is 2.20 bits per heavy atom. The number of nitrogens with zero attached hydrogens (tertiary/aromatic N) is 2. The molecular formula is C7H13BF4N2S. The van der Waals surface area contributed by atoms with Crippen molar-refractivity contribution >= 4 is 19.0 Å². The lowest BCUT2D eigenvalue weighted by Crippen LogP contribution is -2.23. The number of aryl methyl sites for hydroxylation is 1. The summed E-state index contributed by atoms with van der Waals surface area (Å²) in [5.74, 6) is 2.25. The molecule has 0 radical (unpaired) electrons. The van der Waals surface area contributed by atoms with Gasteiger partial charge in [0, 0.05) is 0 Å². The van der Waals surface area contributed by atoms with Crippen molar-refractivity contribution < 1.29 is 21.8 Å². The molecule has 0 aliphatic carbocycles. The second kappa shape index (κ2) is 6.76. The molecule has 0 spiro atoms. The van der Waals surface area contributed by atoms with Crippen LogP contribution in [0.3, 0.4) is 0 Å². The summed E-state index contributed by atoms with van der Waals surface area (Å²) in [6, 6.07) is 0. The Balaban J connectivity index is 0.000000336. The molecule has 1 aromatic rings. The van der Waals surface area contributed by atoms with E-state index in [1.54, 1.807) is 0 Å². The molecule has 0 amide bonds. The second-order valence-electron chi connectivity index (χ2n) is 2.71. The van der Waals surface area contributed by atoms with Crippen LogP contribution >= 0.6 is 11.8 Å². The lowest BCUT2D eigenvalue weighted by atomic mass is 10.3. The van der Waals surface area contributed by atoms with Crippen LogP contribution in [0.1, 0.15) is 6.92 Å². The molecule has 2 nitrogen and oxygen atoms in total. The zero-order valence-electron chi connectivity index (χ0n) is 8.54. The van der Waals surface area contributed by atoms with Crippen LogP contribution in [0.2, 0.25) is 0 Å². The summed E-state index contributed by atoms with van der Waals surface area (Å²) in [5, 5.41) is 0. The molecule has 0 N–H and O–H groups in total. The first kappa shape index (κ1) is 14.3. The van der Waals surface area contributed by atoms with E-state index in [1.165, 1.54) is 5.75 Å². The molecule has 88 valence electrons. The fourth-order valence-electron chi connectivity index (χ4n) is 0.775. The first-order valence-electron chi connectivity index (χ1n) is 4.29. The first-order chi connectivity index (χ1) is 6.83. The molecule has 0 aromatic carbocycles. The van der Waals surface area contributed by atoms with Crippen LogP contribution in [0.5, 0.6) is 0 Å². The summed E-state index contributed by atoms with van der Waals surface area (Å²) >= 11 is 1.92. The van der Waals surface area contributed by atoms with Crippen molar-refractivity contribution in [3.63, 3.8) is 0 Å². The summed E-state index contributed by atoms with van der Waals surface area (Å²) in [7, 11) is -3.97. The van der Waals surface area contributed by atoms with Gasteiger partial charge in [0.2, 0.25) is 6.33 Å². The van der Waals surface area contributed by atoms with Crippen LogP contribution in [0.15, 0.2) is 18.7 Å². The highest BCUT2D eigenvalue weighted by Gasteiger charge is 2.20. The third kappa shape index (κ3) is 11.3. The van der Waals surface area contributed by atoms with Crippen LogP contribution in [0.4, 0.5) is 17.3 Å². The maximum Gasteiger partial charge on any atom is 0.673 e. The minimum Gasteiger partial charge on any atom is -0.418 e. The first-order valence-corrected chi connectivity index (χ1v) is 5.44. The summed E-state index contributed by atoms with van der Waals surface area (Å²) < 4.78 is 43.2. The molecule has 1 heterocycles. The average Bonchev–Trinajstić information content (AvgIpc) is 2.45. The van der Waals surface area contributed by atoms with Gasteiger partial charge >= 0.3 is 7.25 Å². The van der Waals surface area contributed by atoms with E-state index < -0.39 is 7.25 Å². The maximum atomic E-state index is 9.75. The Morgan fingerprint density at radius 2 is 1.87 bits per heavy atom. The Hall–Kier alpha value is -0.655. The van der Waals surface area contributed by atoms with Crippen molar-refractivity contribution in [2.75, 3.05) is 5.75 Å². The number of rotatable bonds is 3. The number of aromatic nitrogens is 2. The van der Waals surface area contributed by atoms with Gasteiger partial charge < -0.3 is 17.3 Å². The van der Waals surface area contributed by atoms with E-state index in [2.05, 4.69) is 34.8 Å². The van der Waals surface area contributed by atoms with Gasteiger partial charge in [-0.25, -0.2) is 9.13 Å². The largest absolute Gasteiger partial charge is 0.673 e. The van der Waals surface area contributed by atoms with Crippen molar-refractivity contribution in [3.05, 3.63) is 18.7 Å². The normalized spacial score (nSPS) is 10.8. The van der Waals surface area contributed by atoms with Crippen LogP contribution in [-0.2, 0) is 12.9 Å². The van der Waals surface area contributed by atoms with Crippen LogP contribution < -0.4 is 4.57 Å². The Kier molecular flexibility index (Phi) is 6.46.